The van der Waals surface area contributed by atoms with E-state index in [1.54, 1.807) is 0 Å². The first kappa shape index (κ1) is 23.3. The number of carbonyl (C=O) groups is 1. The first-order chi connectivity index (χ1) is 11.1. The molecule has 0 aliphatic rings. The van der Waals surface area contributed by atoms with Crippen LogP contribution >= 0.6 is 0 Å². The fourth-order valence-electron chi connectivity index (χ4n) is 1.68. The number of hydrogen-bond donors (Lipinski definition) is 2. The van der Waals surface area contributed by atoms with Crippen LogP contribution in [0.4, 0.5) is 0 Å². The summed E-state index contributed by atoms with van der Waals surface area (Å²) in [6.45, 7) is 17.1. The second-order valence-corrected chi connectivity index (χ2v) is 7.87. The van der Waals surface area contributed by atoms with Gasteiger partial charge in [0, 0.05) is 24.1 Å². The average Bonchev–Trinajstić information content (AvgIpc) is 2.45. The molecule has 1 amide bonds. The van der Waals surface area contributed by atoms with Crippen LogP contribution in [0.1, 0.15) is 48.0 Å². The van der Waals surface area contributed by atoms with E-state index in [1.165, 1.54) is 0 Å². The van der Waals surface area contributed by atoms with Crippen LogP contribution < -0.4 is 10.6 Å². The second-order valence-electron chi connectivity index (χ2n) is 7.87. The number of hydrogen-bond acceptors (Lipinski definition) is 5. The van der Waals surface area contributed by atoms with Crippen molar-refractivity contribution in [3.05, 3.63) is 0 Å². The molecule has 2 N–H and O–H groups in total. The molecule has 0 radical (unpaired) electrons. The fraction of sp³-hybridized carbons (Fsp3) is 0.944. The predicted octanol–water partition coefficient (Wildman–Crippen LogP) is 1.98. The largest absolute Gasteiger partial charge is 0.379 e. The van der Waals surface area contributed by atoms with E-state index in [0.717, 1.165) is 19.6 Å². The van der Waals surface area contributed by atoms with Crippen LogP contribution in [-0.2, 0) is 19.0 Å². The zero-order valence-corrected chi connectivity index (χ0v) is 16.5. The summed E-state index contributed by atoms with van der Waals surface area (Å²) in [6, 6.07) is 0. The summed E-state index contributed by atoms with van der Waals surface area (Å²) in [5.74, 6) is 0.0391. The lowest BCUT2D eigenvalue weighted by molar-refractivity contribution is -0.128. The van der Waals surface area contributed by atoms with Crippen molar-refractivity contribution < 1.29 is 19.0 Å². The van der Waals surface area contributed by atoms with Crippen LogP contribution in [0, 0.1) is 5.41 Å². The molecule has 0 aromatic rings. The Kier molecular flexibility index (Phi) is 12.3. The van der Waals surface area contributed by atoms with Crippen molar-refractivity contribution in [2.75, 3.05) is 52.7 Å². The van der Waals surface area contributed by atoms with Crippen LogP contribution in [0.25, 0.3) is 0 Å². The lowest BCUT2D eigenvalue weighted by Crippen LogP contribution is -2.36. The molecule has 0 aromatic carbocycles. The maximum absolute atomic E-state index is 11.6. The molecule has 0 spiro atoms. The highest BCUT2D eigenvalue weighted by Gasteiger charge is 2.20. The van der Waals surface area contributed by atoms with E-state index in [2.05, 4.69) is 31.4 Å². The molecule has 24 heavy (non-hydrogen) atoms. The Morgan fingerprint density at radius 3 is 1.75 bits per heavy atom. The van der Waals surface area contributed by atoms with Gasteiger partial charge >= 0.3 is 0 Å². The molecule has 0 rings (SSSR count). The maximum atomic E-state index is 11.6. The number of ether oxygens (including phenoxy) is 3. The SMILES string of the molecule is CC(C)(C)NCCCOCCOCCOCCNC(=O)C(C)(C)C. The van der Waals surface area contributed by atoms with Gasteiger partial charge in [0.25, 0.3) is 0 Å². The zero-order valence-electron chi connectivity index (χ0n) is 16.5. The van der Waals surface area contributed by atoms with Crippen molar-refractivity contribution >= 4 is 5.91 Å². The topological polar surface area (TPSA) is 68.8 Å². The highest BCUT2D eigenvalue weighted by atomic mass is 16.5. The molecular weight excluding hydrogens is 308 g/mol. The number of nitrogens with one attached hydrogen (secondary N) is 2. The van der Waals surface area contributed by atoms with E-state index in [0.29, 0.717) is 39.6 Å². The van der Waals surface area contributed by atoms with Gasteiger partial charge in [-0.15, -0.1) is 0 Å². The van der Waals surface area contributed by atoms with Gasteiger partial charge in [-0.05, 0) is 33.7 Å². The van der Waals surface area contributed by atoms with Crippen molar-refractivity contribution in [2.45, 2.75) is 53.5 Å². The number of carbonyl (C=O) groups excluding carboxylic acids is 1. The van der Waals surface area contributed by atoms with Crippen LogP contribution in [0.2, 0.25) is 0 Å². The molecule has 0 unspecified atom stereocenters. The molecule has 6 heteroatoms. The van der Waals surface area contributed by atoms with Crippen LogP contribution in [0.15, 0.2) is 0 Å². The lowest BCUT2D eigenvalue weighted by Gasteiger charge is -2.20. The fourth-order valence-corrected chi connectivity index (χ4v) is 1.68. The minimum atomic E-state index is -0.355. The average molecular weight is 347 g/mol. The van der Waals surface area contributed by atoms with E-state index in [1.807, 2.05) is 20.8 Å². The molecule has 0 aromatic heterocycles. The Balaban J connectivity index is 3.20. The van der Waals surface area contributed by atoms with E-state index >= 15 is 0 Å². The van der Waals surface area contributed by atoms with E-state index in [-0.39, 0.29) is 16.9 Å². The van der Waals surface area contributed by atoms with E-state index < -0.39 is 0 Å². The summed E-state index contributed by atoms with van der Waals surface area (Å²) in [7, 11) is 0. The monoisotopic (exact) mass is 346 g/mol. The van der Waals surface area contributed by atoms with Crippen LogP contribution in [0.5, 0.6) is 0 Å². The maximum Gasteiger partial charge on any atom is 0.225 e. The Morgan fingerprint density at radius 2 is 1.25 bits per heavy atom. The zero-order chi connectivity index (χ0) is 18.5. The van der Waals surface area contributed by atoms with Crippen molar-refractivity contribution in [1.29, 1.82) is 0 Å². The van der Waals surface area contributed by atoms with Crippen LogP contribution in [-0.4, -0.2) is 64.2 Å². The molecule has 144 valence electrons. The third-order valence-electron chi connectivity index (χ3n) is 3.08. The molecule has 6 nitrogen and oxygen atoms in total. The highest BCUT2D eigenvalue weighted by molar-refractivity contribution is 5.81. The van der Waals surface area contributed by atoms with Gasteiger partial charge in [0.2, 0.25) is 5.91 Å². The molecule has 0 aliphatic heterocycles. The molecule has 0 bridgehead atoms. The molecule has 0 aliphatic carbocycles. The van der Waals surface area contributed by atoms with Crippen molar-refractivity contribution in [3.63, 3.8) is 0 Å². The van der Waals surface area contributed by atoms with Gasteiger partial charge in [-0.2, -0.15) is 0 Å². The normalized spacial score (nSPS) is 12.4. The van der Waals surface area contributed by atoms with Gasteiger partial charge in [-0.3, -0.25) is 4.79 Å². The van der Waals surface area contributed by atoms with Gasteiger partial charge < -0.3 is 24.8 Å². The molecule has 0 heterocycles. The van der Waals surface area contributed by atoms with Gasteiger partial charge in [0.1, 0.15) is 0 Å². The van der Waals surface area contributed by atoms with Crippen molar-refractivity contribution in [2.24, 2.45) is 5.41 Å². The predicted molar refractivity (Wildman–Crippen MR) is 97.3 cm³/mol. The quantitative estimate of drug-likeness (QED) is 0.499. The summed E-state index contributed by atoms with van der Waals surface area (Å²) in [5, 5.41) is 6.26. The van der Waals surface area contributed by atoms with Gasteiger partial charge in [0.15, 0.2) is 0 Å². The molecule has 0 saturated heterocycles. The minimum Gasteiger partial charge on any atom is -0.379 e. The molecule has 0 fully saturated rings. The standard InChI is InChI=1S/C18H38N2O4/c1-17(2,3)16(21)19-9-11-23-13-15-24-14-12-22-10-7-8-20-18(4,5)6/h20H,7-15H2,1-6H3,(H,19,21). The summed E-state index contributed by atoms with van der Waals surface area (Å²) in [5.41, 5.74) is -0.190. The molecular formula is C18H38N2O4. The third kappa shape index (κ3) is 16.2. The lowest BCUT2D eigenvalue weighted by atomic mass is 9.96. The Morgan fingerprint density at radius 1 is 0.750 bits per heavy atom. The smallest absolute Gasteiger partial charge is 0.225 e. The van der Waals surface area contributed by atoms with Gasteiger partial charge in [-0.25, -0.2) is 0 Å². The molecule has 0 saturated carbocycles. The van der Waals surface area contributed by atoms with E-state index in [9.17, 15) is 4.79 Å². The first-order valence-electron chi connectivity index (χ1n) is 8.89. The summed E-state index contributed by atoms with van der Waals surface area (Å²) >= 11 is 0. The third-order valence-corrected chi connectivity index (χ3v) is 3.08. The van der Waals surface area contributed by atoms with Gasteiger partial charge in [-0.1, -0.05) is 20.8 Å². The summed E-state index contributed by atoms with van der Waals surface area (Å²) < 4.78 is 16.3. The number of amides is 1. The second kappa shape index (κ2) is 12.6. The first-order valence-corrected chi connectivity index (χ1v) is 8.89. The van der Waals surface area contributed by atoms with Crippen LogP contribution in [0.3, 0.4) is 0 Å². The summed E-state index contributed by atoms with van der Waals surface area (Å²) in [6.07, 6.45) is 1.00. The Labute approximate surface area is 148 Å². The Bertz CT molecular complexity index is 322. The van der Waals surface area contributed by atoms with Crippen molar-refractivity contribution in [1.82, 2.24) is 10.6 Å². The highest BCUT2D eigenvalue weighted by Crippen LogP contribution is 2.11. The van der Waals surface area contributed by atoms with Gasteiger partial charge in [0.05, 0.1) is 33.0 Å². The number of rotatable bonds is 13. The Hall–Kier alpha value is -0.690. The summed E-state index contributed by atoms with van der Waals surface area (Å²) in [4.78, 5) is 11.6. The van der Waals surface area contributed by atoms with E-state index in [4.69, 9.17) is 14.2 Å². The minimum absolute atomic E-state index is 0.0391. The molecule has 0 atom stereocenters. The van der Waals surface area contributed by atoms with Crippen molar-refractivity contribution in [3.8, 4) is 0 Å².